The van der Waals surface area contributed by atoms with Crippen LogP contribution in [0.25, 0.3) is 0 Å². The minimum absolute atomic E-state index is 0.888. The molecule has 0 saturated heterocycles. The van der Waals surface area contributed by atoms with Crippen molar-refractivity contribution in [1.82, 2.24) is 15.2 Å². The third kappa shape index (κ3) is 3.59. The van der Waals surface area contributed by atoms with Gasteiger partial charge in [0.25, 0.3) is 0 Å². The zero-order valence-electron chi connectivity index (χ0n) is 10.1. The summed E-state index contributed by atoms with van der Waals surface area (Å²) in [5.74, 6) is 1.88. The van der Waals surface area contributed by atoms with Crippen LogP contribution in [0.2, 0.25) is 0 Å². The molecule has 17 heavy (non-hydrogen) atoms. The number of nitrogens with zero attached hydrogens (tertiary/aromatic N) is 2. The molecule has 0 radical (unpaired) electrons. The van der Waals surface area contributed by atoms with Crippen LogP contribution >= 0.6 is 0 Å². The van der Waals surface area contributed by atoms with Gasteiger partial charge in [0, 0.05) is 25.1 Å². The maximum absolute atomic E-state index is 4.38. The van der Waals surface area contributed by atoms with E-state index in [4.69, 9.17) is 0 Å². The summed E-state index contributed by atoms with van der Waals surface area (Å²) in [5, 5.41) is 10.5. The van der Waals surface area contributed by atoms with Gasteiger partial charge in [0.15, 0.2) is 0 Å². The first-order chi connectivity index (χ1) is 8.38. The second-order valence-electron chi connectivity index (χ2n) is 3.95. The normalized spacial score (nSPS) is 10.4. The molecule has 2 aromatic rings. The average molecular weight is 230 g/mol. The van der Waals surface area contributed by atoms with Crippen molar-refractivity contribution in [2.75, 3.05) is 11.9 Å². The summed E-state index contributed by atoms with van der Waals surface area (Å²) in [5.41, 5.74) is 1.17. The summed E-state index contributed by atoms with van der Waals surface area (Å²) < 4.78 is 0. The van der Waals surface area contributed by atoms with Crippen LogP contribution < -0.4 is 5.32 Å². The standard InChI is InChI=1S/C13H18N4/c1-2-12-15-13(17-16-12)9-6-10-14-11-7-4-3-5-8-11/h3-5,7-8,14H,2,6,9-10H2,1H3,(H,15,16,17). The van der Waals surface area contributed by atoms with Crippen molar-refractivity contribution in [3.8, 4) is 0 Å². The van der Waals surface area contributed by atoms with Crippen LogP contribution in [-0.2, 0) is 12.8 Å². The number of aryl methyl sites for hydroxylation is 2. The monoisotopic (exact) mass is 230 g/mol. The van der Waals surface area contributed by atoms with E-state index in [1.54, 1.807) is 0 Å². The predicted octanol–water partition coefficient (Wildman–Crippen LogP) is 2.41. The number of benzene rings is 1. The second-order valence-corrected chi connectivity index (χ2v) is 3.95. The van der Waals surface area contributed by atoms with Crippen molar-refractivity contribution in [2.24, 2.45) is 0 Å². The van der Waals surface area contributed by atoms with Crippen molar-refractivity contribution in [2.45, 2.75) is 26.2 Å². The van der Waals surface area contributed by atoms with Gasteiger partial charge in [-0.15, -0.1) is 0 Å². The number of anilines is 1. The van der Waals surface area contributed by atoms with Gasteiger partial charge in [-0.05, 0) is 18.6 Å². The topological polar surface area (TPSA) is 53.6 Å². The number of H-pyrrole nitrogens is 1. The number of rotatable bonds is 6. The number of aromatic amines is 1. The van der Waals surface area contributed by atoms with Crippen LogP contribution in [0.15, 0.2) is 30.3 Å². The van der Waals surface area contributed by atoms with Crippen LogP contribution in [0.1, 0.15) is 25.0 Å². The fourth-order valence-corrected chi connectivity index (χ4v) is 1.65. The van der Waals surface area contributed by atoms with E-state index in [0.29, 0.717) is 0 Å². The van der Waals surface area contributed by atoms with Gasteiger partial charge < -0.3 is 5.32 Å². The largest absolute Gasteiger partial charge is 0.385 e. The minimum Gasteiger partial charge on any atom is -0.385 e. The predicted molar refractivity (Wildman–Crippen MR) is 69.0 cm³/mol. The molecule has 0 saturated carbocycles. The fourth-order valence-electron chi connectivity index (χ4n) is 1.65. The molecule has 1 heterocycles. The van der Waals surface area contributed by atoms with Crippen LogP contribution in [0, 0.1) is 0 Å². The molecule has 0 spiro atoms. The first kappa shape index (κ1) is 11.6. The third-order valence-electron chi connectivity index (χ3n) is 2.59. The molecule has 2 rings (SSSR count). The van der Waals surface area contributed by atoms with Crippen LogP contribution in [0.5, 0.6) is 0 Å². The highest BCUT2D eigenvalue weighted by molar-refractivity contribution is 5.42. The zero-order chi connectivity index (χ0) is 11.9. The Labute approximate surface area is 101 Å². The Hall–Kier alpha value is -1.84. The van der Waals surface area contributed by atoms with Crippen molar-refractivity contribution in [1.29, 1.82) is 0 Å². The van der Waals surface area contributed by atoms with Gasteiger partial charge in [-0.25, -0.2) is 4.98 Å². The van der Waals surface area contributed by atoms with E-state index in [9.17, 15) is 0 Å². The lowest BCUT2D eigenvalue weighted by atomic mass is 10.2. The van der Waals surface area contributed by atoms with E-state index >= 15 is 0 Å². The average Bonchev–Trinajstić information content (AvgIpc) is 2.84. The molecule has 4 heteroatoms. The molecule has 0 aliphatic heterocycles. The summed E-state index contributed by atoms with van der Waals surface area (Å²) in [6.45, 7) is 3.01. The molecule has 1 aromatic carbocycles. The molecular formula is C13H18N4. The van der Waals surface area contributed by atoms with E-state index in [1.165, 1.54) is 5.69 Å². The van der Waals surface area contributed by atoms with Gasteiger partial charge in [0.1, 0.15) is 11.6 Å². The van der Waals surface area contributed by atoms with Crippen molar-refractivity contribution < 1.29 is 0 Å². The van der Waals surface area contributed by atoms with Gasteiger partial charge in [0.2, 0.25) is 0 Å². The molecule has 2 N–H and O–H groups in total. The van der Waals surface area contributed by atoms with Crippen molar-refractivity contribution >= 4 is 5.69 Å². The lowest BCUT2D eigenvalue weighted by molar-refractivity contribution is 0.805. The fraction of sp³-hybridized carbons (Fsp3) is 0.385. The minimum atomic E-state index is 0.888. The molecule has 0 atom stereocenters. The Morgan fingerprint density at radius 3 is 2.76 bits per heavy atom. The highest BCUT2D eigenvalue weighted by atomic mass is 15.2. The summed E-state index contributed by atoms with van der Waals surface area (Å²) in [6.07, 6.45) is 2.87. The third-order valence-corrected chi connectivity index (χ3v) is 2.59. The number of para-hydroxylation sites is 1. The number of aromatic nitrogens is 3. The lowest BCUT2D eigenvalue weighted by Crippen LogP contribution is -2.03. The van der Waals surface area contributed by atoms with Gasteiger partial charge in [-0.3, -0.25) is 5.10 Å². The smallest absolute Gasteiger partial charge is 0.150 e. The van der Waals surface area contributed by atoms with Gasteiger partial charge >= 0.3 is 0 Å². The van der Waals surface area contributed by atoms with Crippen molar-refractivity contribution in [3.05, 3.63) is 42.0 Å². The van der Waals surface area contributed by atoms with E-state index in [1.807, 2.05) is 18.2 Å². The highest BCUT2D eigenvalue weighted by Crippen LogP contribution is 2.05. The number of hydrogen-bond donors (Lipinski definition) is 2. The van der Waals surface area contributed by atoms with E-state index < -0.39 is 0 Å². The molecule has 0 unspecified atom stereocenters. The molecule has 0 fully saturated rings. The van der Waals surface area contributed by atoms with Gasteiger partial charge in [0.05, 0.1) is 0 Å². The SMILES string of the molecule is CCc1n[nH]c(CCCNc2ccccc2)n1. The van der Waals surface area contributed by atoms with Crippen molar-refractivity contribution in [3.63, 3.8) is 0 Å². The first-order valence-electron chi connectivity index (χ1n) is 6.07. The van der Waals surface area contributed by atoms with Crippen LogP contribution in [0.4, 0.5) is 5.69 Å². The highest BCUT2D eigenvalue weighted by Gasteiger charge is 2.00. The number of hydrogen-bond acceptors (Lipinski definition) is 3. The van der Waals surface area contributed by atoms with Gasteiger partial charge in [-0.2, -0.15) is 5.10 Å². The molecule has 0 aliphatic carbocycles. The van der Waals surface area contributed by atoms with Gasteiger partial charge in [-0.1, -0.05) is 25.1 Å². The van der Waals surface area contributed by atoms with Crippen LogP contribution in [-0.4, -0.2) is 21.7 Å². The molecule has 90 valence electrons. The molecule has 1 aromatic heterocycles. The lowest BCUT2D eigenvalue weighted by Gasteiger charge is -2.04. The quantitative estimate of drug-likeness (QED) is 0.749. The van der Waals surface area contributed by atoms with E-state index in [0.717, 1.165) is 37.5 Å². The number of nitrogens with one attached hydrogen (secondary N) is 2. The zero-order valence-corrected chi connectivity index (χ0v) is 10.1. The molecule has 0 bridgehead atoms. The van der Waals surface area contributed by atoms with E-state index in [2.05, 4.69) is 39.6 Å². The Kier molecular flexibility index (Phi) is 4.13. The van der Waals surface area contributed by atoms with Crippen LogP contribution in [0.3, 0.4) is 0 Å². The molecule has 4 nitrogen and oxygen atoms in total. The Morgan fingerprint density at radius 1 is 1.24 bits per heavy atom. The summed E-state index contributed by atoms with van der Waals surface area (Å²) in [4.78, 5) is 4.38. The Bertz CT molecular complexity index is 436. The Balaban J connectivity index is 1.69. The maximum Gasteiger partial charge on any atom is 0.150 e. The summed E-state index contributed by atoms with van der Waals surface area (Å²) in [7, 11) is 0. The van der Waals surface area contributed by atoms with E-state index in [-0.39, 0.29) is 0 Å². The summed E-state index contributed by atoms with van der Waals surface area (Å²) >= 11 is 0. The maximum atomic E-state index is 4.38. The first-order valence-corrected chi connectivity index (χ1v) is 6.07. The molecule has 0 aliphatic rings. The second kappa shape index (κ2) is 6.03. The molecule has 0 amide bonds. The Morgan fingerprint density at radius 2 is 2.06 bits per heavy atom. The molecular weight excluding hydrogens is 212 g/mol. The summed E-state index contributed by atoms with van der Waals surface area (Å²) in [6, 6.07) is 10.2.